The third-order valence-electron chi connectivity index (χ3n) is 3.68. The minimum Gasteiger partial charge on any atom is -0.392 e. The summed E-state index contributed by atoms with van der Waals surface area (Å²) in [5.41, 5.74) is -0.00516. The van der Waals surface area contributed by atoms with E-state index < -0.39 is 22.4 Å². The minimum atomic E-state index is -3.63. The molecule has 20 heavy (non-hydrogen) atoms. The van der Waals surface area contributed by atoms with Crippen LogP contribution in [-0.4, -0.2) is 56.0 Å². The lowest BCUT2D eigenvalue weighted by molar-refractivity contribution is 0.275. The molecule has 0 bridgehead atoms. The van der Waals surface area contributed by atoms with E-state index in [4.69, 9.17) is 5.11 Å². The van der Waals surface area contributed by atoms with Gasteiger partial charge in [-0.2, -0.15) is 4.31 Å². The zero-order valence-corrected chi connectivity index (χ0v) is 12.4. The van der Waals surface area contributed by atoms with Crippen LogP contribution in [0.5, 0.6) is 0 Å². The summed E-state index contributed by atoms with van der Waals surface area (Å²) in [4.78, 5) is 2.03. The van der Waals surface area contributed by atoms with Gasteiger partial charge >= 0.3 is 0 Å². The fraction of sp³-hybridized carbons (Fsp3) is 0.538. The Morgan fingerprint density at radius 2 is 2.15 bits per heavy atom. The fourth-order valence-electron chi connectivity index (χ4n) is 2.33. The van der Waals surface area contributed by atoms with Gasteiger partial charge < -0.3 is 10.0 Å². The van der Waals surface area contributed by atoms with Crippen molar-refractivity contribution in [3.8, 4) is 0 Å². The number of likely N-dealkylation sites (N-methyl/N-ethyl adjacent to an activating group) is 1. The molecule has 1 aliphatic rings. The molecule has 0 spiro atoms. The number of hydrogen-bond donors (Lipinski definition) is 1. The molecule has 0 saturated carbocycles. The largest absolute Gasteiger partial charge is 0.392 e. The summed E-state index contributed by atoms with van der Waals surface area (Å²) >= 11 is 0. The number of nitrogens with zero attached hydrogens (tertiary/aromatic N) is 2. The Labute approximate surface area is 118 Å². The monoisotopic (exact) mass is 302 g/mol. The molecule has 0 amide bonds. The molecule has 1 aliphatic heterocycles. The summed E-state index contributed by atoms with van der Waals surface area (Å²) in [5, 5.41) is 9.03. The highest BCUT2D eigenvalue weighted by atomic mass is 32.2. The Hall–Kier alpha value is -1.02. The standard InChI is InChI=1S/C13H19FN2O3S/c1-15(2)11-5-6-16(8-11)20(18,19)12-3-4-13(14)10(7-12)9-17/h3-4,7,11,17H,5-6,8-9H2,1-2H3. The van der Waals surface area contributed by atoms with E-state index in [-0.39, 0.29) is 16.5 Å². The number of aliphatic hydroxyl groups excluding tert-OH is 1. The molecule has 1 aromatic rings. The first-order valence-corrected chi connectivity index (χ1v) is 7.86. The molecule has 2 rings (SSSR count). The van der Waals surface area contributed by atoms with Gasteiger partial charge in [-0.3, -0.25) is 0 Å². The van der Waals surface area contributed by atoms with E-state index in [0.717, 1.165) is 12.5 Å². The quantitative estimate of drug-likeness (QED) is 0.887. The fourth-order valence-corrected chi connectivity index (χ4v) is 3.88. The van der Waals surface area contributed by atoms with E-state index in [2.05, 4.69) is 0 Å². The predicted molar refractivity (Wildman–Crippen MR) is 73.2 cm³/mol. The lowest BCUT2D eigenvalue weighted by Gasteiger charge is -2.20. The van der Waals surface area contributed by atoms with Gasteiger partial charge in [0, 0.05) is 24.7 Å². The van der Waals surface area contributed by atoms with Gasteiger partial charge in [-0.05, 0) is 38.7 Å². The number of aliphatic hydroxyl groups is 1. The van der Waals surface area contributed by atoms with Crippen molar-refractivity contribution in [2.45, 2.75) is 24.0 Å². The van der Waals surface area contributed by atoms with Gasteiger partial charge in [0.15, 0.2) is 0 Å². The van der Waals surface area contributed by atoms with Crippen LogP contribution in [0.1, 0.15) is 12.0 Å². The van der Waals surface area contributed by atoms with Crippen molar-refractivity contribution >= 4 is 10.0 Å². The van der Waals surface area contributed by atoms with Crippen LogP contribution in [-0.2, 0) is 16.6 Å². The SMILES string of the molecule is CN(C)C1CCN(S(=O)(=O)c2ccc(F)c(CO)c2)C1. The van der Waals surface area contributed by atoms with Gasteiger partial charge in [-0.1, -0.05) is 0 Å². The topological polar surface area (TPSA) is 60.9 Å². The van der Waals surface area contributed by atoms with Crippen molar-refractivity contribution in [1.82, 2.24) is 9.21 Å². The van der Waals surface area contributed by atoms with E-state index in [0.29, 0.717) is 13.1 Å². The van der Waals surface area contributed by atoms with Crippen molar-refractivity contribution in [3.05, 3.63) is 29.6 Å². The molecule has 0 aromatic heterocycles. The molecule has 5 nitrogen and oxygen atoms in total. The lowest BCUT2D eigenvalue weighted by Crippen LogP contribution is -2.34. The maximum absolute atomic E-state index is 13.3. The average Bonchev–Trinajstić information content (AvgIpc) is 2.89. The molecular formula is C13H19FN2O3S. The first-order chi connectivity index (χ1) is 9.36. The minimum absolute atomic E-state index is 0.00516. The summed E-state index contributed by atoms with van der Waals surface area (Å²) in [6, 6.07) is 3.72. The van der Waals surface area contributed by atoms with E-state index in [1.165, 1.54) is 16.4 Å². The molecule has 112 valence electrons. The summed E-state index contributed by atoms with van der Waals surface area (Å²) in [7, 11) is 0.213. The highest BCUT2D eigenvalue weighted by Crippen LogP contribution is 2.24. The second-order valence-corrected chi connectivity index (χ2v) is 7.12. The van der Waals surface area contributed by atoms with Crippen molar-refractivity contribution in [1.29, 1.82) is 0 Å². The maximum Gasteiger partial charge on any atom is 0.243 e. The summed E-state index contributed by atoms with van der Waals surface area (Å²) < 4.78 is 39.7. The molecule has 1 fully saturated rings. The molecular weight excluding hydrogens is 283 g/mol. The number of hydrogen-bond acceptors (Lipinski definition) is 4. The predicted octanol–water partition coefficient (Wildman–Crippen LogP) is 0.643. The van der Waals surface area contributed by atoms with Crippen molar-refractivity contribution in [2.24, 2.45) is 0 Å². The molecule has 1 unspecified atom stereocenters. The maximum atomic E-state index is 13.3. The normalized spacial score (nSPS) is 20.8. The van der Waals surface area contributed by atoms with Crippen LogP contribution < -0.4 is 0 Å². The lowest BCUT2D eigenvalue weighted by atomic mass is 10.2. The van der Waals surface area contributed by atoms with Gasteiger partial charge in [0.2, 0.25) is 10.0 Å². The van der Waals surface area contributed by atoms with E-state index in [9.17, 15) is 12.8 Å². The number of benzene rings is 1. The van der Waals surface area contributed by atoms with Crippen LogP contribution in [0, 0.1) is 5.82 Å². The Morgan fingerprint density at radius 1 is 1.45 bits per heavy atom. The van der Waals surface area contributed by atoms with Crippen LogP contribution in [0.3, 0.4) is 0 Å². The molecule has 1 saturated heterocycles. The molecule has 1 atom stereocenters. The Morgan fingerprint density at radius 3 is 2.70 bits per heavy atom. The summed E-state index contributed by atoms with van der Waals surface area (Å²) in [6.45, 7) is 0.369. The molecule has 0 radical (unpaired) electrons. The number of halogens is 1. The van der Waals surface area contributed by atoms with Gasteiger partial charge in [-0.25, -0.2) is 12.8 Å². The van der Waals surface area contributed by atoms with Crippen LogP contribution in [0.25, 0.3) is 0 Å². The molecule has 1 heterocycles. The van der Waals surface area contributed by atoms with Gasteiger partial charge in [-0.15, -0.1) is 0 Å². The number of sulfonamides is 1. The number of rotatable bonds is 4. The van der Waals surface area contributed by atoms with Gasteiger partial charge in [0.05, 0.1) is 11.5 Å². The third kappa shape index (κ3) is 2.85. The first kappa shape index (κ1) is 15.4. The first-order valence-electron chi connectivity index (χ1n) is 6.42. The van der Waals surface area contributed by atoms with E-state index >= 15 is 0 Å². The zero-order chi connectivity index (χ0) is 14.9. The zero-order valence-electron chi connectivity index (χ0n) is 11.6. The van der Waals surface area contributed by atoms with Crippen LogP contribution >= 0.6 is 0 Å². The van der Waals surface area contributed by atoms with Crippen LogP contribution in [0.4, 0.5) is 4.39 Å². The average molecular weight is 302 g/mol. The molecule has 1 N–H and O–H groups in total. The summed E-state index contributed by atoms with van der Waals surface area (Å²) in [6.07, 6.45) is 0.778. The Kier molecular flexibility index (Phi) is 4.43. The molecule has 7 heteroatoms. The van der Waals surface area contributed by atoms with Crippen molar-refractivity contribution in [2.75, 3.05) is 27.2 Å². The van der Waals surface area contributed by atoms with Gasteiger partial charge in [0.1, 0.15) is 5.82 Å². The van der Waals surface area contributed by atoms with E-state index in [1.807, 2.05) is 19.0 Å². The highest BCUT2D eigenvalue weighted by molar-refractivity contribution is 7.89. The van der Waals surface area contributed by atoms with Crippen molar-refractivity contribution in [3.63, 3.8) is 0 Å². The molecule has 1 aromatic carbocycles. The van der Waals surface area contributed by atoms with Crippen LogP contribution in [0.2, 0.25) is 0 Å². The highest BCUT2D eigenvalue weighted by Gasteiger charge is 2.33. The second kappa shape index (κ2) is 5.77. The van der Waals surface area contributed by atoms with Crippen LogP contribution in [0.15, 0.2) is 23.1 Å². The molecule has 0 aliphatic carbocycles. The summed E-state index contributed by atoms with van der Waals surface area (Å²) in [5.74, 6) is -0.598. The van der Waals surface area contributed by atoms with E-state index in [1.54, 1.807) is 0 Å². The Balaban J connectivity index is 2.27. The second-order valence-electron chi connectivity index (χ2n) is 5.18. The Bertz CT molecular complexity index is 589. The van der Waals surface area contributed by atoms with Gasteiger partial charge in [0.25, 0.3) is 0 Å². The smallest absolute Gasteiger partial charge is 0.243 e. The third-order valence-corrected chi connectivity index (χ3v) is 5.54. The van der Waals surface area contributed by atoms with Crippen molar-refractivity contribution < 1.29 is 17.9 Å².